The summed E-state index contributed by atoms with van der Waals surface area (Å²) in [6.45, 7) is 2.02. The molecule has 0 bridgehead atoms. The Bertz CT molecular complexity index is 379. The number of carbonyl (C=O) groups is 1. The largest absolute Gasteiger partial charge is 0.341 e. The van der Waals surface area contributed by atoms with Gasteiger partial charge < -0.3 is 10.6 Å². The number of hydrogen-bond donors (Lipinski definition) is 1. The van der Waals surface area contributed by atoms with Gasteiger partial charge in [-0.3, -0.25) is 4.79 Å². The number of nitrogens with zero attached hydrogens (tertiary/aromatic N) is 1. The molecule has 19 heavy (non-hydrogen) atoms. The quantitative estimate of drug-likeness (QED) is 0.870. The zero-order chi connectivity index (χ0) is 12.8. The Labute approximate surface area is 121 Å². The van der Waals surface area contributed by atoms with Crippen molar-refractivity contribution in [1.29, 1.82) is 0 Å². The van der Waals surface area contributed by atoms with Crippen LogP contribution in [0.4, 0.5) is 0 Å². The highest BCUT2D eigenvalue weighted by Gasteiger charge is 2.28. The first-order chi connectivity index (χ1) is 8.81. The Balaban J connectivity index is 0.00000180. The van der Waals surface area contributed by atoms with Gasteiger partial charge in [0, 0.05) is 25.6 Å². The molecule has 4 heteroatoms. The van der Waals surface area contributed by atoms with E-state index >= 15 is 0 Å². The van der Waals surface area contributed by atoms with E-state index < -0.39 is 0 Å². The zero-order valence-corrected chi connectivity index (χ0v) is 12.1. The average Bonchev–Trinajstić information content (AvgIpc) is 2.33. The summed E-state index contributed by atoms with van der Waals surface area (Å²) in [6, 6.07) is 10.3. The molecule has 0 heterocycles. The molecule has 1 saturated carbocycles. The van der Waals surface area contributed by atoms with Crippen LogP contribution in [0.5, 0.6) is 0 Å². The van der Waals surface area contributed by atoms with E-state index in [9.17, 15) is 4.79 Å². The fraction of sp³-hybridized carbons (Fsp3) is 0.533. The van der Waals surface area contributed by atoms with E-state index in [0.717, 1.165) is 25.8 Å². The van der Waals surface area contributed by atoms with Crippen LogP contribution in [0.25, 0.3) is 0 Å². The summed E-state index contributed by atoms with van der Waals surface area (Å²) in [7, 11) is 0. The minimum Gasteiger partial charge on any atom is -0.341 e. The van der Waals surface area contributed by atoms with Crippen LogP contribution in [0.1, 0.15) is 24.8 Å². The molecular formula is C15H23ClN2O. The number of carbonyl (C=O) groups excluding carboxylic acids is 1. The third-order valence-electron chi connectivity index (χ3n) is 3.68. The van der Waals surface area contributed by atoms with Crippen molar-refractivity contribution in [3.8, 4) is 0 Å². The molecule has 1 aromatic carbocycles. The Kier molecular flexibility index (Phi) is 6.89. The predicted octanol–water partition coefficient (Wildman–Crippen LogP) is 2.24. The van der Waals surface area contributed by atoms with Gasteiger partial charge in [-0.2, -0.15) is 0 Å². The van der Waals surface area contributed by atoms with Crippen molar-refractivity contribution in [3.05, 3.63) is 35.9 Å². The van der Waals surface area contributed by atoms with Crippen LogP contribution in [0, 0.1) is 5.92 Å². The fourth-order valence-corrected chi connectivity index (χ4v) is 2.31. The second-order valence-electron chi connectivity index (χ2n) is 4.98. The third-order valence-corrected chi connectivity index (χ3v) is 3.68. The van der Waals surface area contributed by atoms with Gasteiger partial charge in [-0.1, -0.05) is 36.8 Å². The lowest BCUT2D eigenvalue weighted by Gasteiger charge is -2.31. The highest BCUT2D eigenvalue weighted by molar-refractivity contribution is 5.85. The van der Waals surface area contributed by atoms with Gasteiger partial charge in [-0.05, 0) is 24.8 Å². The molecule has 0 radical (unpaired) electrons. The van der Waals surface area contributed by atoms with Crippen molar-refractivity contribution in [2.75, 3.05) is 19.6 Å². The van der Waals surface area contributed by atoms with Gasteiger partial charge in [0.1, 0.15) is 0 Å². The van der Waals surface area contributed by atoms with Gasteiger partial charge >= 0.3 is 0 Å². The normalized spacial score (nSPS) is 14.4. The van der Waals surface area contributed by atoms with E-state index in [2.05, 4.69) is 12.1 Å². The predicted molar refractivity (Wildman–Crippen MR) is 80.4 cm³/mol. The first kappa shape index (κ1) is 16.0. The van der Waals surface area contributed by atoms with Crippen LogP contribution < -0.4 is 5.73 Å². The Morgan fingerprint density at radius 1 is 1.21 bits per heavy atom. The van der Waals surface area contributed by atoms with Crippen LogP contribution in [0.3, 0.4) is 0 Å². The number of rotatable bonds is 6. The highest BCUT2D eigenvalue weighted by atomic mass is 35.5. The number of nitrogens with two attached hydrogens (primary N) is 1. The minimum atomic E-state index is 0. The first-order valence-corrected chi connectivity index (χ1v) is 6.84. The van der Waals surface area contributed by atoms with Crippen LogP contribution >= 0.6 is 12.4 Å². The maximum atomic E-state index is 12.2. The molecule has 0 unspecified atom stereocenters. The molecule has 0 aliphatic heterocycles. The third kappa shape index (κ3) is 4.51. The van der Waals surface area contributed by atoms with Crippen molar-refractivity contribution in [1.82, 2.24) is 4.90 Å². The van der Waals surface area contributed by atoms with Crippen LogP contribution in [-0.2, 0) is 11.2 Å². The molecule has 106 valence electrons. The second kappa shape index (κ2) is 8.18. The standard InChI is InChI=1S/C15H22N2O.ClH/c16-10-12-17(15(18)14-7-4-8-14)11-9-13-5-2-1-3-6-13;/h1-3,5-6,14H,4,7-12,16H2;1H. The molecule has 2 rings (SSSR count). The molecule has 2 N–H and O–H groups in total. The van der Waals surface area contributed by atoms with Gasteiger partial charge in [0.2, 0.25) is 5.91 Å². The Morgan fingerprint density at radius 2 is 1.89 bits per heavy atom. The van der Waals surface area contributed by atoms with Gasteiger partial charge in [-0.25, -0.2) is 0 Å². The summed E-state index contributed by atoms with van der Waals surface area (Å²) >= 11 is 0. The van der Waals surface area contributed by atoms with Gasteiger partial charge in [0.15, 0.2) is 0 Å². The molecule has 1 aromatic rings. The summed E-state index contributed by atoms with van der Waals surface area (Å²) in [5, 5.41) is 0. The zero-order valence-electron chi connectivity index (χ0n) is 11.3. The maximum Gasteiger partial charge on any atom is 0.225 e. The Morgan fingerprint density at radius 3 is 2.42 bits per heavy atom. The SMILES string of the molecule is Cl.NCCN(CCc1ccccc1)C(=O)C1CCC1. The molecule has 1 amide bonds. The van der Waals surface area contributed by atoms with E-state index in [1.54, 1.807) is 0 Å². The summed E-state index contributed by atoms with van der Waals surface area (Å²) in [6.07, 6.45) is 4.24. The second-order valence-corrected chi connectivity index (χ2v) is 4.98. The monoisotopic (exact) mass is 282 g/mol. The summed E-state index contributed by atoms with van der Waals surface area (Å²) in [4.78, 5) is 14.1. The topological polar surface area (TPSA) is 46.3 Å². The molecule has 1 aliphatic carbocycles. The first-order valence-electron chi connectivity index (χ1n) is 6.84. The number of hydrogen-bond acceptors (Lipinski definition) is 2. The summed E-state index contributed by atoms with van der Waals surface area (Å²) in [5.41, 5.74) is 6.88. The fourth-order valence-electron chi connectivity index (χ4n) is 2.31. The van der Waals surface area contributed by atoms with E-state index in [0.29, 0.717) is 19.0 Å². The molecule has 0 spiro atoms. The van der Waals surface area contributed by atoms with Crippen LogP contribution in [0.2, 0.25) is 0 Å². The van der Waals surface area contributed by atoms with Crippen LogP contribution in [0.15, 0.2) is 30.3 Å². The molecule has 0 atom stereocenters. The van der Waals surface area contributed by atoms with Crippen molar-refractivity contribution in [2.24, 2.45) is 11.7 Å². The average molecular weight is 283 g/mol. The molecule has 1 fully saturated rings. The lowest BCUT2D eigenvalue weighted by molar-refractivity contribution is -0.138. The number of benzene rings is 1. The highest BCUT2D eigenvalue weighted by Crippen LogP contribution is 2.28. The summed E-state index contributed by atoms with van der Waals surface area (Å²) < 4.78 is 0. The molecule has 0 aromatic heterocycles. The summed E-state index contributed by atoms with van der Waals surface area (Å²) in [5.74, 6) is 0.579. The lowest BCUT2D eigenvalue weighted by atomic mass is 9.84. The van der Waals surface area contributed by atoms with E-state index in [1.165, 1.54) is 12.0 Å². The molecule has 1 aliphatic rings. The van der Waals surface area contributed by atoms with E-state index in [1.807, 2.05) is 23.1 Å². The Hall–Kier alpha value is -1.06. The molecule has 3 nitrogen and oxygen atoms in total. The van der Waals surface area contributed by atoms with E-state index in [4.69, 9.17) is 5.73 Å². The molecule has 0 saturated heterocycles. The van der Waals surface area contributed by atoms with Crippen molar-refractivity contribution >= 4 is 18.3 Å². The number of amides is 1. The van der Waals surface area contributed by atoms with Gasteiger partial charge in [0.05, 0.1) is 0 Å². The van der Waals surface area contributed by atoms with Crippen LogP contribution in [-0.4, -0.2) is 30.4 Å². The maximum absolute atomic E-state index is 12.2. The van der Waals surface area contributed by atoms with Gasteiger partial charge in [0.25, 0.3) is 0 Å². The van der Waals surface area contributed by atoms with Gasteiger partial charge in [-0.15, -0.1) is 12.4 Å². The van der Waals surface area contributed by atoms with Crippen molar-refractivity contribution < 1.29 is 4.79 Å². The number of halogens is 1. The lowest BCUT2D eigenvalue weighted by Crippen LogP contribution is -2.42. The minimum absolute atomic E-state index is 0. The molecular weight excluding hydrogens is 260 g/mol. The van der Waals surface area contributed by atoms with E-state index in [-0.39, 0.29) is 18.3 Å². The van der Waals surface area contributed by atoms with Crippen molar-refractivity contribution in [2.45, 2.75) is 25.7 Å². The smallest absolute Gasteiger partial charge is 0.225 e. The van der Waals surface area contributed by atoms with Crippen molar-refractivity contribution in [3.63, 3.8) is 0 Å².